The smallest absolute Gasteiger partial charge is 0.207 e. The van der Waals surface area contributed by atoms with Gasteiger partial charge in [0.25, 0.3) is 0 Å². The van der Waals surface area contributed by atoms with Crippen LogP contribution in [-0.2, 0) is 10.0 Å². The summed E-state index contributed by atoms with van der Waals surface area (Å²) in [5.74, 6) is 0. The van der Waals surface area contributed by atoms with Crippen molar-refractivity contribution in [1.82, 2.24) is 4.31 Å². The first-order chi connectivity index (χ1) is 9.50. The third-order valence-electron chi connectivity index (χ3n) is 3.46. The topological polar surface area (TPSA) is 37.1 Å². The maximum absolute atomic E-state index is 12.5. The SMILES string of the molecule is Cc1ccc(S(=O)(=O)N2C[C@H]2c2ccccc2Cl)cc1. The van der Waals surface area contributed by atoms with Gasteiger partial charge in [-0.1, -0.05) is 47.5 Å². The van der Waals surface area contributed by atoms with Gasteiger partial charge in [0.2, 0.25) is 10.0 Å². The summed E-state index contributed by atoms with van der Waals surface area (Å²) >= 11 is 6.12. The summed E-state index contributed by atoms with van der Waals surface area (Å²) in [5, 5.41) is 0.610. The van der Waals surface area contributed by atoms with Gasteiger partial charge < -0.3 is 0 Å². The molecule has 1 aliphatic heterocycles. The zero-order valence-electron chi connectivity index (χ0n) is 11.0. The van der Waals surface area contributed by atoms with E-state index in [2.05, 4.69) is 0 Å². The van der Waals surface area contributed by atoms with Crippen molar-refractivity contribution in [2.45, 2.75) is 17.9 Å². The summed E-state index contributed by atoms with van der Waals surface area (Å²) in [6.07, 6.45) is 0. The van der Waals surface area contributed by atoms with E-state index in [0.29, 0.717) is 16.5 Å². The van der Waals surface area contributed by atoms with Gasteiger partial charge in [0.1, 0.15) is 0 Å². The molecule has 0 spiro atoms. The number of hydrogen-bond acceptors (Lipinski definition) is 2. The normalized spacial score (nSPS) is 21.7. The van der Waals surface area contributed by atoms with Crippen molar-refractivity contribution in [2.75, 3.05) is 6.54 Å². The van der Waals surface area contributed by atoms with E-state index in [1.54, 1.807) is 30.3 Å². The first kappa shape index (κ1) is 13.6. The van der Waals surface area contributed by atoms with Gasteiger partial charge in [0.15, 0.2) is 0 Å². The molecule has 0 aliphatic carbocycles. The van der Waals surface area contributed by atoms with Crippen LogP contribution < -0.4 is 0 Å². The molecule has 3 nitrogen and oxygen atoms in total. The van der Waals surface area contributed by atoms with Crippen LogP contribution in [0.15, 0.2) is 53.4 Å². The fourth-order valence-electron chi connectivity index (χ4n) is 2.23. The molecule has 2 aromatic rings. The average molecular weight is 308 g/mol. The minimum atomic E-state index is -3.42. The van der Waals surface area contributed by atoms with Crippen LogP contribution in [-0.4, -0.2) is 19.3 Å². The van der Waals surface area contributed by atoms with Crippen molar-refractivity contribution < 1.29 is 8.42 Å². The van der Waals surface area contributed by atoms with E-state index in [1.807, 2.05) is 25.1 Å². The zero-order valence-corrected chi connectivity index (χ0v) is 12.5. The van der Waals surface area contributed by atoms with Crippen LogP contribution in [0.3, 0.4) is 0 Å². The molecule has 1 unspecified atom stereocenters. The van der Waals surface area contributed by atoms with Crippen LogP contribution in [0.25, 0.3) is 0 Å². The minimum absolute atomic E-state index is 0.144. The second-order valence-corrected chi connectivity index (χ2v) is 7.22. The lowest BCUT2D eigenvalue weighted by atomic mass is 10.2. The molecule has 0 bridgehead atoms. The molecule has 0 saturated carbocycles. The Kier molecular flexibility index (Phi) is 3.32. The molecule has 1 aliphatic rings. The first-order valence-electron chi connectivity index (χ1n) is 6.33. The second-order valence-electron chi connectivity index (χ2n) is 4.93. The van der Waals surface area contributed by atoms with Gasteiger partial charge in [-0.25, -0.2) is 8.42 Å². The monoisotopic (exact) mass is 307 g/mol. The van der Waals surface area contributed by atoms with Crippen molar-refractivity contribution in [3.8, 4) is 0 Å². The molecule has 20 heavy (non-hydrogen) atoms. The van der Waals surface area contributed by atoms with Crippen molar-refractivity contribution in [2.24, 2.45) is 0 Å². The van der Waals surface area contributed by atoms with Gasteiger partial charge in [-0.2, -0.15) is 4.31 Å². The molecule has 1 saturated heterocycles. The average Bonchev–Trinajstić information content (AvgIpc) is 3.20. The third-order valence-corrected chi connectivity index (χ3v) is 5.69. The number of hydrogen-bond donors (Lipinski definition) is 0. The Morgan fingerprint density at radius 2 is 1.75 bits per heavy atom. The Bertz CT molecular complexity index is 741. The van der Waals surface area contributed by atoms with E-state index >= 15 is 0 Å². The van der Waals surface area contributed by atoms with Crippen LogP contribution in [0.5, 0.6) is 0 Å². The highest BCUT2D eigenvalue weighted by Crippen LogP contribution is 2.42. The molecule has 104 valence electrons. The van der Waals surface area contributed by atoms with Crippen molar-refractivity contribution in [1.29, 1.82) is 0 Å². The lowest BCUT2D eigenvalue weighted by Gasteiger charge is -2.07. The predicted octanol–water partition coefficient (Wildman–Crippen LogP) is 3.39. The molecule has 0 amide bonds. The largest absolute Gasteiger partial charge is 0.243 e. The molecule has 0 radical (unpaired) electrons. The molecule has 2 atom stereocenters. The van der Waals surface area contributed by atoms with E-state index in [-0.39, 0.29) is 6.04 Å². The molecule has 2 aromatic carbocycles. The summed E-state index contributed by atoms with van der Waals surface area (Å²) in [4.78, 5) is 0.331. The maximum Gasteiger partial charge on any atom is 0.243 e. The number of aryl methyl sites for hydroxylation is 1. The molecular formula is C15H14ClNO2S. The lowest BCUT2D eigenvalue weighted by Crippen LogP contribution is -2.12. The van der Waals surface area contributed by atoms with Crippen molar-refractivity contribution in [3.05, 3.63) is 64.7 Å². The standard InChI is InChI=1S/C15H14ClNO2S/c1-11-6-8-12(9-7-11)20(18,19)17-10-15(17)13-4-2-3-5-14(13)16/h2-9,15H,10H2,1H3/t15-,17?/m0/s1. The summed E-state index contributed by atoms with van der Waals surface area (Å²) in [6, 6.07) is 14.1. The van der Waals surface area contributed by atoms with Crippen LogP contribution in [0, 0.1) is 6.92 Å². The molecule has 3 rings (SSSR count). The van der Waals surface area contributed by atoms with Gasteiger partial charge in [-0.3, -0.25) is 0 Å². The number of sulfonamides is 1. The Morgan fingerprint density at radius 1 is 1.10 bits per heavy atom. The third kappa shape index (κ3) is 2.35. The Hall–Kier alpha value is -1.36. The summed E-state index contributed by atoms with van der Waals surface area (Å²) in [6.45, 7) is 2.42. The Morgan fingerprint density at radius 3 is 2.40 bits per heavy atom. The molecule has 0 N–H and O–H groups in total. The van der Waals surface area contributed by atoms with Gasteiger partial charge in [0, 0.05) is 11.6 Å². The van der Waals surface area contributed by atoms with Crippen LogP contribution >= 0.6 is 11.6 Å². The van der Waals surface area contributed by atoms with E-state index in [0.717, 1.165) is 11.1 Å². The highest BCUT2D eigenvalue weighted by atomic mass is 35.5. The quantitative estimate of drug-likeness (QED) is 0.815. The van der Waals surface area contributed by atoms with Crippen molar-refractivity contribution >= 4 is 21.6 Å². The van der Waals surface area contributed by atoms with Gasteiger partial charge in [0.05, 0.1) is 10.9 Å². The predicted molar refractivity (Wildman–Crippen MR) is 79.3 cm³/mol. The van der Waals surface area contributed by atoms with E-state index in [1.165, 1.54) is 4.31 Å². The fraction of sp³-hybridized carbons (Fsp3) is 0.200. The lowest BCUT2D eigenvalue weighted by molar-refractivity contribution is 0.554. The molecule has 1 heterocycles. The molecule has 1 fully saturated rings. The van der Waals surface area contributed by atoms with E-state index < -0.39 is 10.0 Å². The maximum atomic E-state index is 12.5. The highest BCUT2D eigenvalue weighted by Gasteiger charge is 2.46. The number of benzene rings is 2. The highest BCUT2D eigenvalue weighted by molar-refractivity contribution is 7.89. The summed E-state index contributed by atoms with van der Waals surface area (Å²) in [5.41, 5.74) is 1.90. The van der Waals surface area contributed by atoms with Gasteiger partial charge >= 0.3 is 0 Å². The fourth-order valence-corrected chi connectivity index (χ4v) is 4.03. The number of rotatable bonds is 3. The minimum Gasteiger partial charge on any atom is -0.207 e. The van der Waals surface area contributed by atoms with E-state index in [9.17, 15) is 8.42 Å². The first-order valence-corrected chi connectivity index (χ1v) is 8.15. The molecule has 5 heteroatoms. The van der Waals surface area contributed by atoms with Crippen LogP contribution in [0.1, 0.15) is 17.2 Å². The number of halogens is 1. The molecule has 0 aromatic heterocycles. The molecular weight excluding hydrogens is 294 g/mol. The summed E-state index contributed by atoms with van der Waals surface area (Å²) < 4.78 is 26.4. The van der Waals surface area contributed by atoms with Crippen LogP contribution in [0.4, 0.5) is 0 Å². The Labute approximate surface area is 123 Å². The van der Waals surface area contributed by atoms with Gasteiger partial charge in [-0.05, 0) is 30.7 Å². The van der Waals surface area contributed by atoms with Crippen LogP contribution in [0.2, 0.25) is 5.02 Å². The summed E-state index contributed by atoms with van der Waals surface area (Å²) in [7, 11) is -3.42. The number of nitrogens with zero attached hydrogens (tertiary/aromatic N) is 1. The van der Waals surface area contributed by atoms with Crippen molar-refractivity contribution in [3.63, 3.8) is 0 Å². The zero-order chi connectivity index (χ0) is 14.3. The Balaban J connectivity index is 1.89. The van der Waals surface area contributed by atoms with E-state index in [4.69, 9.17) is 11.6 Å². The van der Waals surface area contributed by atoms with Gasteiger partial charge in [-0.15, -0.1) is 0 Å². The second kappa shape index (κ2) is 4.88.